The van der Waals surface area contributed by atoms with Crippen LogP contribution in [0, 0.1) is 46.5 Å². The Balaban J connectivity index is 0.000000192. The summed E-state index contributed by atoms with van der Waals surface area (Å²) in [6.45, 7) is 3.03. The summed E-state index contributed by atoms with van der Waals surface area (Å²) in [6.07, 6.45) is -1.30. The van der Waals surface area contributed by atoms with Gasteiger partial charge in [0.15, 0.2) is 0 Å². The second kappa shape index (κ2) is 26.3. The fourth-order valence-corrected chi connectivity index (χ4v) is 7.49. The van der Waals surface area contributed by atoms with E-state index in [1.807, 2.05) is 60.7 Å². The fraction of sp³-hybridized carbons (Fsp3) is 0.222. The van der Waals surface area contributed by atoms with Crippen molar-refractivity contribution in [3.8, 4) is 0 Å². The van der Waals surface area contributed by atoms with Crippen LogP contribution < -0.4 is 0 Å². The summed E-state index contributed by atoms with van der Waals surface area (Å²) in [4.78, 5) is 71.8. The van der Waals surface area contributed by atoms with E-state index in [0.717, 1.165) is 63.4 Å². The molecule has 4 atom stereocenters. The van der Waals surface area contributed by atoms with E-state index in [9.17, 15) is 63.9 Å². The summed E-state index contributed by atoms with van der Waals surface area (Å²) in [5.74, 6) is -11.4. The van der Waals surface area contributed by atoms with Gasteiger partial charge in [-0.3, -0.25) is 19.2 Å². The fourth-order valence-electron chi connectivity index (χ4n) is 7.49. The van der Waals surface area contributed by atoms with E-state index in [2.05, 4.69) is 0 Å². The van der Waals surface area contributed by atoms with E-state index in [1.165, 1.54) is 26.0 Å². The minimum absolute atomic E-state index is 0.00565. The molecule has 6 aromatic carbocycles. The van der Waals surface area contributed by atoms with Crippen molar-refractivity contribution in [2.75, 3.05) is 13.2 Å². The minimum atomic E-state index is -1.14. The standard InChI is InChI=1S/C19H17F2NO3.C18H15F2NO3.C9H8F2O2.C8H6F2O2/c1-12(16-8-7-14(20)10-17(16)21)18(23)22-15(11-25-19(22)24)9-13-5-3-2-4-6-13;19-14-7-6-13(16(20)10-14)9-17(22)21-15(11-24-18(21)23)8-12-4-2-1-3-5-12;1-5(9(12)13)7-3-2-6(10)4-8(7)11;9-6-2-1-5(3-8(11)12)7(10)4-6/h2-8,10,12,15H,9,11H2,1H3;1-7,10,15H,8-9,11H2;2-5H,1H3,(H,12,13);1-2,4H,3H2,(H,11,12)/t12-,15-;15-;5-;/m000./s1. The Bertz CT molecular complexity index is 2970. The lowest BCUT2D eigenvalue weighted by atomic mass is 9.97. The molecule has 74 heavy (non-hydrogen) atoms. The zero-order chi connectivity index (χ0) is 54.2. The molecule has 20 heteroatoms. The summed E-state index contributed by atoms with van der Waals surface area (Å²) in [5.41, 5.74) is 2.00. The number of ether oxygens (including phenoxy) is 2. The molecule has 2 fully saturated rings. The van der Waals surface area contributed by atoms with Crippen LogP contribution in [0.15, 0.2) is 133 Å². The third-order valence-corrected chi connectivity index (χ3v) is 11.4. The SMILES string of the molecule is C[C@H](C(=O)N1C(=O)OC[C@@H]1Cc1ccccc1)c1ccc(F)cc1F.C[C@H](C(=O)O)c1ccc(F)cc1F.O=C(Cc1ccc(F)cc1F)N1C(=O)OC[C@@H]1Cc1ccccc1.O=C(O)Cc1ccc(F)cc1F. The Morgan fingerprint density at radius 3 is 1.30 bits per heavy atom. The molecule has 0 aliphatic carbocycles. The second-order valence-corrected chi connectivity index (χ2v) is 16.6. The number of carboxylic acid groups (broad SMARTS) is 2. The average molecular weight is 1030 g/mol. The van der Waals surface area contributed by atoms with E-state index in [0.29, 0.717) is 31.0 Å². The smallest absolute Gasteiger partial charge is 0.417 e. The van der Waals surface area contributed by atoms with Crippen molar-refractivity contribution < 1.29 is 83.6 Å². The summed E-state index contributed by atoms with van der Waals surface area (Å²) in [7, 11) is 0. The van der Waals surface area contributed by atoms with Crippen LogP contribution in [0.4, 0.5) is 44.7 Å². The molecule has 2 N–H and O–H groups in total. The topological polar surface area (TPSA) is 168 Å². The number of hydrogen-bond acceptors (Lipinski definition) is 8. The van der Waals surface area contributed by atoms with Gasteiger partial charge in [-0.05, 0) is 73.2 Å². The highest BCUT2D eigenvalue weighted by Gasteiger charge is 2.41. The van der Waals surface area contributed by atoms with Gasteiger partial charge in [-0.15, -0.1) is 0 Å². The molecule has 2 saturated heterocycles. The van der Waals surface area contributed by atoms with Gasteiger partial charge in [0, 0.05) is 35.4 Å². The number of aliphatic carboxylic acids is 2. The minimum Gasteiger partial charge on any atom is -0.481 e. The Labute approximate surface area is 418 Å². The molecular weight excluding hydrogens is 989 g/mol. The molecule has 6 aromatic rings. The number of imide groups is 2. The number of amides is 4. The second-order valence-electron chi connectivity index (χ2n) is 16.6. The van der Waals surface area contributed by atoms with Crippen LogP contribution in [0.2, 0.25) is 0 Å². The molecule has 2 heterocycles. The van der Waals surface area contributed by atoms with Crippen LogP contribution >= 0.6 is 0 Å². The molecule has 2 aliphatic heterocycles. The van der Waals surface area contributed by atoms with Crippen LogP contribution in [0.1, 0.15) is 59.1 Å². The maximum Gasteiger partial charge on any atom is 0.417 e. The van der Waals surface area contributed by atoms with Gasteiger partial charge in [0.25, 0.3) is 0 Å². The maximum atomic E-state index is 14.0. The molecule has 0 saturated carbocycles. The van der Waals surface area contributed by atoms with Crippen LogP contribution in [0.5, 0.6) is 0 Å². The van der Waals surface area contributed by atoms with E-state index < -0.39 is 113 Å². The highest BCUT2D eigenvalue weighted by molar-refractivity contribution is 5.97. The van der Waals surface area contributed by atoms with Crippen LogP contribution in [0.3, 0.4) is 0 Å². The molecule has 4 amide bonds. The van der Waals surface area contributed by atoms with Crippen molar-refractivity contribution in [1.82, 2.24) is 9.80 Å². The number of cyclic esters (lactones) is 2. The molecule has 2 aliphatic rings. The molecule has 8 rings (SSSR count). The first-order valence-corrected chi connectivity index (χ1v) is 22.4. The van der Waals surface area contributed by atoms with Crippen LogP contribution in [-0.4, -0.2) is 81.2 Å². The summed E-state index contributed by atoms with van der Waals surface area (Å²) in [5, 5.41) is 16.9. The number of hydrogen-bond donors (Lipinski definition) is 2. The predicted molar refractivity (Wildman–Crippen MR) is 249 cm³/mol. The Morgan fingerprint density at radius 2 is 0.892 bits per heavy atom. The lowest BCUT2D eigenvalue weighted by molar-refractivity contribution is -0.138. The monoisotopic (exact) mass is 1030 g/mol. The van der Waals surface area contributed by atoms with E-state index >= 15 is 0 Å². The molecular formula is C54H46F8N2O10. The van der Waals surface area contributed by atoms with E-state index in [-0.39, 0.29) is 41.9 Å². The number of rotatable bonds is 12. The van der Waals surface area contributed by atoms with Gasteiger partial charge in [-0.2, -0.15) is 0 Å². The summed E-state index contributed by atoms with van der Waals surface area (Å²) in [6, 6.07) is 29.6. The summed E-state index contributed by atoms with van der Waals surface area (Å²) >= 11 is 0. The molecule has 388 valence electrons. The number of benzene rings is 6. The quantitative estimate of drug-likeness (QED) is 0.113. The van der Waals surface area contributed by atoms with Gasteiger partial charge in [0.1, 0.15) is 59.8 Å². The van der Waals surface area contributed by atoms with Gasteiger partial charge in [-0.1, -0.05) is 84.9 Å². The van der Waals surface area contributed by atoms with Gasteiger partial charge < -0.3 is 19.7 Å². The lowest BCUT2D eigenvalue weighted by Gasteiger charge is -2.23. The van der Waals surface area contributed by atoms with Crippen molar-refractivity contribution in [3.05, 3.63) is 213 Å². The first kappa shape index (κ1) is 56.5. The van der Waals surface area contributed by atoms with Crippen molar-refractivity contribution in [3.63, 3.8) is 0 Å². The Hall–Kier alpha value is -8.42. The first-order chi connectivity index (χ1) is 35.1. The molecule has 12 nitrogen and oxygen atoms in total. The highest BCUT2D eigenvalue weighted by atomic mass is 19.2. The van der Waals surface area contributed by atoms with Crippen molar-refractivity contribution in [2.45, 2.75) is 63.5 Å². The third-order valence-electron chi connectivity index (χ3n) is 11.4. The number of carboxylic acids is 2. The van der Waals surface area contributed by atoms with E-state index in [4.69, 9.17) is 19.7 Å². The van der Waals surface area contributed by atoms with Gasteiger partial charge in [0.05, 0.1) is 36.8 Å². The van der Waals surface area contributed by atoms with Crippen molar-refractivity contribution in [2.24, 2.45) is 0 Å². The van der Waals surface area contributed by atoms with Gasteiger partial charge in [-0.25, -0.2) is 54.5 Å². The molecule has 0 aromatic heterocycles. The van der Waals surface area contributed by atoms with Gasteiger partial charge >= 0.3 is 24.1 Å². The molecule has 0 spiro atoms. The van der Waals surface area contributed by atoms with Crippen molar-refractivity contribution >= 4 is 35.9 Å². The lowest BCUT2D eigenvalue weighted by Crippen LogP contribution is -2.42. The molecule has 0 radical (unpaired) electrons. The van der Waals surface area contributed by atoms with E-state index in [1.54, 1.807) is 0 Å². The zero-order valence-corrected chi connectivity index (χ0v) is 39.3. The number of carbonyl (C=O) groups excluding carboxylic acids is 4. The van der Waals surface area contributed by atoms with Crippen molar-refractivity contribution in [1.29, 1.82) is 0 Å². The molecule has 0 unspecified atom stereocenters. The summed E-state index contributed by atoms with van der Waals surface area (Å²) < 4.78 is 114. The Kier molecular flexibility index (Phi) is 20.1. The third kappa shape index (κ3) is 15.8. The average Bonchev–Trinajstić information content (AvgIpc) is 3.91. The number of nitrogens with zero attached hydrogens (tertiary/aromatic N) is 2. The Morgan fingerprint density at radius 1 is 0.514 bits per heavy atom. The zero-order valence-electron chi connectivity index (χ0n) is 39.3. The first-order valence-electron chi connectivity index (χ1n) is 22.4. The maximum absolute atomic E-state index is 14.0. The normalized spacial score (nSPS) is 15.4. The highest BCUT2D eigenvalue weighted by Crippen LogP contribution is 2.27. The predicted octanol–water partition coefficient (Wildman–Crippen LogP) is 10.5. The van der Waals surface area contributed by atoms with Gasteiger partial charge in [0.2, 0.25) is 11.8 Å². The van der Waals surface area contributed by atoms with Crippen LogP contribution in [-0.2, 0) is 54.3 Å². The largest absolute Gasteiger partial charge is 0.481 e. The number of carbonyl (C=O) groups is 6. The van der Waals surface area contributed by atoms with Crippen LogP contribution in [0.25, 0.3) is 0 Å². The molecule has 0 bridgehead atoms. The number of halogens is 8.